The van der Waals surface area contributed by atoms with E-state index in [0.717, 1.165) is 19.4 Å². The van der Waals surface area contributed by atoms with Crippen LogP contribution in [0.25, 0.3) is 0 Å². The average molecular weight is 249 g/mol. The van der Waals surface area contributed by atoms with E-state index in [1.165, 1.54) is 0 Å². The van der Waals surface area contributed by atoms with E-state index in [1.54, 1.807) is 23.1 Å². The third-order valence-electron chi connectivity index (χ3n) is 3.20. The highest BCUT2D eigenvalue weighted by molar-refractivity contribution is 5.89. The van der Waals surface area contributed by atoms with Gasteiger partial charge in [-0.1, -0.05) is 6.07 Å². The molecule has 0 saturated carbocycles. The van der Waals surface area contributed by atoms with Gasteiger partial charge in [-0.3, -0.25) is 0 Å². The lowest BCUT2D eigenvalue weighted by atomic mass is 9.99. The van der Waals surface area contributed by atoms with Crippen LogP contribution < -0.4 is 11.1 Å². The molecule has 1 saturated heterocycles. The molecule has 18 heavy (non-hydrogen) atoms. The van der Waals surface area contributed by atoms with Crippen LogP contribution >= 0.6 is 0 Å². The number of anilines is 2. The molecule has 1 aliphatic rings. The van der Waals surface area contributed by atoms with Gasteiger partial charge in [0.15, 0.2) is 0 Å². The van der Waals surface area contributed by atoms with Crippen molar-refractivity contribution < 1.29 is 9.90 Å². The summed E-state index contributed by atoms with van der Waals surface area (Å²) in [5.74, 6) is 0.199. The number of aliphatic hydroxyl groups is 1. The molecule has 2 amide bonds. The van der Waals surface area contributed by atoms with Gasteiger partial charge in [0.2, 0.25) is 0 Å². The van der Waals surface area contributed by atoms with Gasteiger partial charge in [0.1, 0.15) is 0 Å². The first-order chi connectivity index (χ1) is 8.69. The Kier molecular flexibility index (Phi) is 4.04. The number of rotatable bonds is 2. The summed E-state index contributed by atoms with van der Waals surface area (Å²) in [5.41, 5.74) is 6.98. The summed E-state index contributed by atoms with van der Waals surface area (Å²) in [6.45, 7) is 1.50. The Bertz CT molecular complexity index is 422. The largest absolute Gasteiger partial charge is 0.399 e. The molecule has 0 bridgehead atoms. The zero-order valence-electron chi connectivity index (χ0n) is 10.3. The van der Waals surface area contributed by atoms with Gasteiger partial charge in [0.25, 0.3) is 0 Å². The van der Waals surface area contributed by atoms with Crippen LogP contribution in [0.4, 0.5) is 16.2 Å². The standard InChI is InChI=1S/C13H19N3O2/c14-11-4-1-5-12(7-11)15-13(18)16-6-2-3-10(8-16)9-17/h1,4-5,7,10,17H,2-3,6,8-9,14H2,(H,15,18). The topological polar surface area (TPSA) is 78.6 Å². The molecule has 4 N–H and O–H groups in total. The first kappa shape index (κ1) is 12.7. The Hall–Kier alpha value is -1.75. The molecule has 1 aromatic rings. The van der Waals surface area contributed by atoms with Gasteiger partial charge < -0.3 is 21.1 Å². The molecule has 2 rings (SSSR count). The number of hydrogen-bond donors (Lipinski definition) is 3. The monoisotopic (exact) mass is 249 g/mol. The van der Waals surface area contributed by atoms with Crippen LogP contribution in [0.15, 0.2) is 24.3 Å². The smallest absolute Gasteiger partial charge is 0.321 e. The summed E-state index contributed by atoms with van der Waals surface area (Å²) in [5, 5.41) is 12.0. The number of carbonyl (C=O) groups is 1. The Morgan fingerprint density at radius 2 is 2.39 bits per heavy atom. The Balaban J connectivity index is 1.95. The molecule has 1 heterocycles. The Morgan fingerprint density at radius 1 is 1.56 bits per heavy atom. The van der Waals surface area contributed by atoms with Crippen molar-refractivity contribution in [3.8, 4) is 0 Å². The zero-order valence-corrected chi connectivity index (χ0v) is 10.3. The molecule has 0 aliphatic carbocycles. The third kappa shape index (κ3) is 3.13. The lowest BCUT2D eigenvalue weighted by molar-refractivity contribution is 0.136. The van der Waals surface area contributed by atoms with Gasteiger partial charge in [0, 0.05) is 31.1 Å². The number of nitrogen functional groups attached to an aromatic ring is 1. The van der Waals surface area contributed by atoms with Crippen LogP contribution in [0.5, 0.6) is 0 Å². The Morgan fingerprint density at radius 3 is 3.11 bits per heavy atom. The molecule has 5 heteroatoms. The Labute approximate surface area is 107 Å². The highest BCUT2D eigenvalue weighted by Gasteiger charge is 2.22. The number of aliphatic hydroxyl groups excluding tert-OH is 1. The maximum Gasteiger partial charge on any atom is 0.321 e. The first-order valence-electron chi connectivity index (χ1n) is 6.21. The van der Waals surface area contributed by atoms with Crippen LogP contribution in [-0.2, 0) is 0 Å². The molecule has 1 unspecified atom stereocenters. The summed E-state index contributed by atoms with van der Waals surface area (Å²) in [7, 11) is 0. The molecular weight excluding hydrogens is 230 g/mol. The molecule has 1 atom stereocenters. The fourth-order valence-electron chi connectivity index (χ4n) is 2.22. The van der Waals surface area contributed by atoms with Crippen molar-refractivity contribution in [1.29, 1.82) is 0 Å². The molecule has 1 aromatic carbocycles. The van der Waals surface area contributed by atoms with Gasteiger partial charge in [0.05, 0.1) is 0 Å². The summed E-state index contributed by atoms with van der Waals surface area (Å²) >= 11 is 0. The second-order valence-corrected chi connectivity index (χ2v) is 4.69. The minimum Gasteiger partial charge on any atom is -0.399 e. The summed E-state index contributed by atoms with van der Waals surface area (Å²) < 4.78 is 0. The van der Waals surface area contributed by atoms with Gasteiger partial charge in [-0.15, -0.1) is 0 Å². The van der Waals surface area contributed by atoms with E-state index in [0.29, 0.717) is 17.9 Å². The molecule has 0 spiro atoms. The van der Waals surface area contributed by atoms with Crippen molar-refractivity contribution in [2.75, 3.05) is 30.7 Å². The number of nitrogens with zero attached hydrogens (tertiary/aromatic N) is 1. The second kappa shape index (κ2) is 5.73. The van der Waals surface area contributed by atoms with E-state index in [-0.39, 0.29) is 18.6 Å². The van der Waals surface area contributed by atoms with Crippen molar-refractivity contribution in [2.45, 2.75) is 12.8 Å². The lowest BCUT2D eigenvalue weighted by Crippen LogP contribution is -2.43. The minimum absolute atomic E-state index is 0.126. The van der Waals surface area contributed by atoms with Gasteiger partial charge in [-0.2, -0.15) is 0 Å². The number of urea groups is 1. The van der Waals surface area contributed by atoms with Crippen LogP contribution in [0.1, 0.15) is 12.8 Å². The highest BCUT2D eigenvalue weighted by atomic mass is 16.3. The van der Waals surface area contributed by atoms with Crippen molar-refractivity contribution in [2.24, 2.45) is 5.92 Å². The number of nitrogens with one attached hydrogen (secondary N) is 1. The zero-order chi connectivity index (χ0) is 13.0. The van der Waals surface area contributed by atoms with Gasteiger partial charge in [-0.25, -0.2) is 4.79 Å². The van der Waals surface area contributed by atoms with E-state index in [9.17, 15) is 4.79 Å². The number of hydrogen-bond acceptors (Lipinski definition) is 3. The van der Waals surface area contributed by atoms with Crippen LogP contribution in [0.2, 0.25) is 0 Å². The lowest BCUT2D eigenvalue weighted by Gasteiger charge is -2.31. The van der Waals surface area contributed by atoms with Gasteiger partial charge in [-0.05, 0) is 37.0 Å². The second-order valence-electron chi connectivity index (χ2n) is 4.69. The molecule has 1 fully saturated rings. The molecule has 1 aliphatic heterocycles. The molecule has 0 aromatic heterocycles. The molecular formula is C13H19N3O2. The van der Waals surface area contributed by atoms with Crippen LogP contribution in [0.3, 0.4) is 0 Å². The van der Waals surface area contributed by atoms with Crippen molar-refractivity contribution in [3.05, 3.63) is 24.3 Å². The number of likely N-dealkylation sites (tertiary alicyclic amines) is 1. The number of benzene rings is 1. The number of amides is 2. The summed E-state index contributed by atoms with van der Waals surface area (Å²) in [4.78, 5) is 13.8. The maximum atomic E-state index is 12.0. The normalized spacial score (nSPS) is 19.6. The number of piperidine rings is 1. The minimum atomic E-state index is -0.126. The summed E-state index contributed by atoms with van der Waals surface area (Å²) in [6.07, 6.45) is 1.92. The first-order valence-corrected chi connectivity index (χ1v) is 6.21. The van der Waals surface area contributed by atoms with Crippen molar-refractivity contribution >= 4 is 17.4 Å². The van der Waals surface area contributed by atoms with Gasteiger partial charge >= 0.3 is 6.03 Å². The van der Waals surface area contributed by atoms with E-state index in [1.807, 2.05) is 6.07 Å². The van der Waals surface area contributed by atoms with Crippen LogP contribution in [-0.4, -0.2) is 35.7 Å². The molecule has 98 valence electrons. The maximum absolute atomic E-state index is 12.0. The van der Waals surface area contributed by atoms with E-state index in [4.69, 9.17) is 10.8 Å². The fraction of sp³-hybridized carbons (Fsp3) is 0.462. The van der Waals surface area contributed by atoms with E-state index >= 15 is 0 Å². The average Bonchev–Trinajstić information content (AvgIpc) is 2.39. The summed E-state index contributed by atoms with van der Waals surface area (Å²) in [6, 6.07) is 6.99. The predicted molar refractivity (Wildman–Crippen MR) is 71.3 cm³/mol. The number of carbonyl (C=O) groups excluding carboxylic acids is 1. The van der Waals surface area contributed by atoms with Crippen LogP contribution in [0, 0.1) is 5.92 Å². The molecule has 0 radical (unpaired) electrons. The highest BCUT2D eigenvalue weighted by Crippen LogP contribution is 2.18. The predicted octanol–water partition coefficient (Wildman–Crippen LogP) is 1.50. The van der Waals surface area contributed by atoms with Crippen molar-refractivity contribution in [1.82, 2.24) is 4.90 Å². The quantitative estimate of drug-likeness (QED) is 0.695. The fourth-order valence-corrected chi connectivity index (χ4v) is 2.22. The molecule has 5 nitrogen and oxygen atoms in total. The SMILES string of the molecule is Nc1cccc(NC(=O)N2CCCC(CO)C2)c1. The van der Waals surface area contributed by atoms with Crippen molar-refractivity contribution in [3.63, 3.8) is 0 Å². The van der Waals surface area contributed by atoms with E-state index < -0.39 is 0 Å². The van der Waals surface area contributed by atoms with E-state index in [2.05, 4.69) is 5.32 Å². The third-order valence-corrected chi connectivity index (χ3v) is 3.20. The number of nitrogens with two attached hydrogens (primary N) is 1.